The average molecular weight is 214 g/mol. The van der Waals surface area contributed by atoms with Crippen LogP contribution in [0.1, 0.15) is 26.7 Å². The molecule has 0 aromatic carbocycles. The van der Waals surface area contributed by atoms with Crippen LogP contribution in [0.15, 0.2) is 0 Å². The molecule has 0 radical (unpaired) electrons. The van der Waals surface area contributed by atoms with E-state index in [9.17, 15) is 9.90 Å². The first-order valence-corrected chi connectivity index (χ1v) is 5.75. The molecule has 4 heteroatoms. The van der Waals surface area contributed by atoms with Gasteiger partial charge in [-0.2, -0.15) is 0 Å². The number of nitrogens with one attached hydrogen (secondary N) is 2. The second-order valence-corrected chi connectivity index (χ2v) is 4.69. The van der Waals surface area contributed by atoms with Crippen molar-refractivity contribution < 1.29 is 9.90 Å². The normalized spacial score (nSPS) is 17.9. The van der Waals surface area contributed by atoms with E-state index in [1.807, 2.05) is 13.8 Å². The Kier molecular flexibility index (Phi) is 5.05. The van der Waals surface area contributed by atoms with Gasteiger partial charge in [-0.15, -0.1) is 0 Å². The van der Waals surface area contributed by atoms with Crippen LogP contribution in [-0.4, -0.2) is 36.8 Å². The van der Waals surface area contributed by atoms with E-state index in [-0.39, 0.29) is 17.9 Å². The number of carbonyl (C=O) groups excluding carboxylic acids is 1. The highest BCUT2D eigenvalue weighted by Crippen LogP contribution is 2.27. The summed E-state index contributed by atoms with van der Waals surface area (Å²) in [6.07, 6.45) is 2.13. The lowest BCUT2D eigenvalue weighted by atomic mass is 10.1. The number of hydrogen-bond acceptors (Lipinski definition) is 3. The molecule has 1 aliphatic carbocycles. The first kappa shape index (κ1) is 12.5. The molecule has 1 aliphatic rings. The molecule has 0 aromatic rings. The van der Waals surface area contributed by atoms with Gasteiger partial charge >= 0.3 is 0 Å². The molecule has 0 spiro atoms. The van der Waals surface area contributed by atoms with Crippen LogP contribution in [0.3, 0.4) is 0 Å². The molecule has 1 amide bonds. The van der Waals surface area contributed by atoms with Crippen molar-refractivity contribution in [3.63, 3.8) is 0 Å². The van der Waals surface area contributed by atoms with Crippen LogP contribution in [0.4, 0.5) is 0 Å². The van der Waals surface area contributed by atoms with Crippen LogP contribution < -0.4 is 10.6 Å². The maximum absolute atomic E-state index is 11.3. The summed E-state index contributed by atoms with van der Waals surface area (Å²) in [5, 5.41) is 15.3. The van der Waals surface area contributed by atoms with Crippen LogP contribution in [0.25, 0.3) is 0 Å². The van der Waals surface area contributed by atoms with Gasteiger partial charge in [0, 0.05) is 13.1 Å². The standard InChI is InChI=1S/C11H22N2O2/c1-8(2)10(14)6-12-7-11(15)13-5-9-3-4-9/h8-10,12,14H,3-7H2,1-2H3,(H,13,15). The fourth-order valence-corrected chi connectivity index (χ4v) is 1.21. The van der Waals surface area contributed by atoms with Gasteiger partial charge in [0.15, 0.2) is 0 Å². The van der Waals surface area contributed by atoms with Crippen molar-refractivity contribution in [2.75, 3.05) is 19.6 Å². The molecule has 0 bridgehead atoms. The summed E-state index contributed by atoms with van der Waals surface area (Å²) < 4.78 is 0. The van der Waals surface area contributed by atoms with E-state index >= 15 is 0 Å². The number of aliphatic hydroxyl groups excluding tert-OH is 1. The Morgan fingerprint density at radius 1 is 1.47 bits per heavy atom. The molecule has 0 saturated heterocycles. The van der Waals surface area contributed by atoms with E-state index in [0.29, 0.717) is 13.1 Å². The molecule has 0 aliphatic heterocycles. The molecule has 3 N–H and O–H groups in total. The molecule has 0 heterocycles. The summed E-state index contributed by atoms with van der Waals surface area (Å²) in [5.41, 5.74) is 0. The largest absolute Gasteiger partial charge is 0.392 e. The number of amides is 1. The highest BCUT2D eigenvalue weighted by Gasteiger charge is 2.21. The maximum Gasteiger partial charge on any atom is 0.233 e. The van der Waals surface area contributed by atoms with Gasteiger partial charge in [0.25, 0.3) is 0 Å². The Bertz CT molecular complexity index is 203. The summed E-state index contributed by atoms with van der Waals surface area (Å²) in [6.45, 7) is 5.51. The molecule has 1 rings (SSSR count). The predicted octanol–water partition coefficient (Wildman–Crippen LogP) is 0.119. The summed E-state index contributed by atoms with van der Waals surface area (Å²) in [4.78, 5) is 11.3. The van der Waals surface area contributed by atoms with E-state index in [4.69, 9.17) is 0 Å². The third-order valence-electron chi connectivity index (χ3n) is 2.69. The summed E-state index contributed by atoms with van der Waals surface area (Å²) in [6, 6.07) is 0. The predicted molar refractivity (Wildman–Crippen MR) is 59.4 cm³/mol. The van der Waals surface area contributed by atoms with Crippen molar-refractivity contribution in [3.05, 3.63) is 0 Å². The van der Waals surface area contributed by atoms with Crippen molar-refractivity contribution in [2.45, 2.75) is 32.8 Å². The topological polar surface area (TPSA) is 61.4 Å². The Labute approximate surface area is 91.4 Å². The first-order valence-electron chi connectivity index (χ1n) is 5.75. The van der Waals surface area contributed by atoms with E-state index in [2.05, 4.69) is 10.6 Å². The van der Waals surface area contributed by atoms with E-state index in [1.165, 1.54) is 12.8 Å². The van der Waals surface area contributed by atoms with Crippen molar-refractivity contribution in [1.29, 1.82) is 0 Å². The SMILES string of the molecule is CC(C)C(O)CNCC(=O)NCC1CC1. The van der Waals surface area contributed by atoms with Gasteiger partial charge in [0.1, 0.15) is 0 Å². The van der Waals surface area contributed by atoms with Crippen molar-refractivity contribution in [2.24, 2.45) is 11.8 Å². The number of hydrogen-bond donors (Lipinski definition) is 3. The molecule has 1 fully saturated rings. The molecule has 1 saturated carbocycles. The second kappa shape index (κ2) is 6.08. The van der Waals surface area contributed by atoms with Crippen molar-refractivity contribution in [3.8, 4) is 0 Å². The molecule has 88 valence electrons. The van der Waals surface area contributed by atoms with Gasteiger partial charge in [-0.25, -0.2) is 0 Å². The lowest BCUT2D eigenvalue weighted by molar-refractivity contribution is -0.120. The third-order valence-corrected chi connectivity index (χ3v) is 2.69. The average Bonchev–Trinajstić information content (AvgIpc) is 2.97. The van der Waals surface area contributed by atoms with Gasteiger partial charge in [0.2, 0.25) is 5.91 Å². The second-order valence-electron chi connectivity index (χ2n) is 4.69. The first-order chi connectivity index (χ1) is 7.09. The Morgan fingerprint density at radius 2 is 2.13 bits per heavy atom. The third kappa shape index (κ3) is 5.74. The Morgan fingerprint density at radius 3 is 2.67 bits per heavy atom. The van der Waals surface area contributed by atoms with Crippen LogP contribution in [0, 0.1) is 11.8 Å². The maximum atomic E-state index is 11.3. The minimum absolute atomic E-state index is 0.0258. The summed E-state index contributed by atoms with van der Waals surface area (Å²) in [5.74, 6) is 0.972. The molecule has 4 nitrogen and oxygen atoms in total. The lowest BCUT2D eigenvalue weighted by Crippen LogP contribution is -2.39. The van der Waals surface area contributed by atoms with Crippen LogP contribution in [0.2, 0.25) is 0 Å². The molecule has 0 aromatic heterocycles. The Hall–Kier alpha value is -0.610. The zero-order valence-electron chi connectivity index (χ0n) is 9.62. The quantitative estimate of drug-likeness (QED) is 0.564. The van der Waals surface area contributed by atoms with Crippen LogP contribution in [-0.2, 0) is 4.79 Å². The van der Waals surface area contributed by atoms with E-state index in [1.54, 1.807) is 0 Å². The molecular weight excluding hydrogens is 192 g/mol. The lowest BCUT2D eigenvalue weighted by Gasteiger charge is -2.14. The van der Waals surface area contributed by atoms with Gasteiger partial charge in [-0.05, 0) is 24.7 Å². The summed E-state index contributed by atoms with van der Waals surface area (Å²) in [7, 11) is 0. The smallest absolute Gasteiger partial charge is 0.233 e. The number of carbonyl (C=O) groups is 1. The van der Waals surface area contributed by atoms with Crippen LogP contribution >= 0.6 is 0 Å². The van der Waals surface area contributed by atoms with E-state index in [0.717, 1.165) is 12.5 Å². The van der Waals surface area contributed by atoms with Gasteiger partial charge < -0.3 is 15.7 Å². The Balaban J connectivity index is 1.95. The fourth-order valence-electron chi connectivity index (χ4n) is 1.21. The highest BCUT2D eigenvalue weighted by atomic mass is 16.3. The minimum atomic E-state index is -0.374. The van der Waals surface area contributed by atoms with Crippen molar-refractivity contribution in [1.82, 2.24) is 10.6 Å². The zero-order chi connectivity index (χ0) is 11.3. The number of aliphatic hydroxyl groups is 1. The zero-order valence-corrected chi connectivity index (χ0v) is 9.62. The van der Waals surface area contributed by atoms with Crippen LogP contribution in [0.5, 0.6) is 0 Å². The highest BCUT2D eigenvalue weighted by molar-refractivity contribution is 5.77. The number of rotatable bonds is 7. The molecular formula is C11H22N2O2. The fraction of sp³-hybridized carbons (Fsp3) is 0.909. The molecule has 1 atom stereocenters. The van der Waals surface area contributed by atoms with Gasteiger partial charge in [0.05, 0.1) is 12.6 Å². The van der Waals surface area contributed by atoms with Crippen molar-refractivity contribution >= 4 is 5.91 Å². The van der Waals surface area contributed by atoms with E-state index < -0.39 is 0 Å². The summed E-state index contributed by atoms with van der Waals surface area (Å²) >= 11 is 0. The molecule has 15 heavy (non-hydrogen) atoms. The van der Waals surface area contributed by atoms with Gasteiger partial charge in [-0.3, -0.25) is 4.79 Å². The monoisotopic (exact) mass is 214 g/mol. The van der Waals surface area contributed by atoms with Gasteiger partial charge in [-0.1, -0.05) is 13.8 Å². The molecule has 1 unspecified atom stereocenters. The minimum Gasteiger partial charge on any atom is -0.392 e.